The first-order valence-corrected chi connectivity index (χ1v) is 16.5. The fraction of sp³-hybridized carbons (Fsp3) is 0.882. The molecule has 0 aromatic carbocycles. The molecule has 4 aliphatic rings. The average molecular weight is 607 g/mol. The molecular weight excluding hydrogens is 552 g/mol. The average Bonchev–Trinajstić information content (AvgIpc) is 3.25. The van der Waals surface area contributed by atoms with Crippen molar-refractivity contribution in [3.63, 3.8) is 0 Å². The summed E-state index contributed by atoms with van der Waals surface area (Å²) in [6.07, 6.45) is 6.81. The third kappa shape index (κ3) is 7.07. The monoisotopic (exact) mass is 606 g/mol. The number of hydrogen-bond acceptors (Lipinski definition) is 9. The Morgan fingerprint density at radius 3 is 2.14 bits per heavy atom. The van der Waals surface area contributed by atoms with Crippen molar-refractivity contribution in [2.24, 2.45) is 46.3 Å². The highest BCUT2D eigenvalue weighted by molar-refractivity contribution is 5.67. The third-order valence-electron chi connectivity index (χ3n) is 12.1. The van der Waals surface area contributed by atoms with Crippen LogP contribution >= 0.6 is 0 Å². The van der Waals surface area contributed by atoms with Crippen LogP contribution in [0.1, 0.15) is 113 Å². The molecule has 43 heavy (non-hydrogen) atoms. The van der Waals surface area contributed by atoms with Gasteiger partial charge in [-0.25, -0.2) is 0 Å². The van der Waals surface area contributed by atoms with E-state index in [1.54, 1.807) is 0 Å². The van der Waals surface area contributed by atoms with E-state index in [0.717, 1.165) is 44.9 Å². The molecule has 9 heteroatoms. The maximum Gasteiger partial charge on any atom is 0.302 e. The summed E-state index contributed by atoms with van der Waals surface area (Å²) >= 11 is 0. The van der Waals surface area contributed by atoms with E-state index < -0.39 is 6.10 Å². The second-order valence-corrected chi connectivity index (χ2v) is 14.6. The molecule has 4 aliphatic carbocycles. The van der Waals surface area contributed by atoms with Gasteiger partial charge in [0.1, 0.15) is 18.3 Å². The van der Waals surface area contributed by atoms with E-state index in [2.05, 4.69) is 20.8 Å². The lowest BCUT2D eigenvalue weighted by molar-refractivity contribution is -0.218. The fourth-order valence-electron chi connectivity index (χ4n) is 10.2. The van der Waals surface area contributed by atoms with Crippen molar-refractivity contribution in [2.45, 2.75) is 137 Å². The van der Waals surface area contributed by atoms with Crippen LogP contribution in [0.25, 0.3) is 0 Å². The molecule has 4 rings (SSSR count). The normalized spacial score (nSPS) is 39.7. The van der Waals surface area contributed by atoms with Crippen molar-refractivity contribution in [1.29, 1.82) is 0 Å². The summed E-state index contributed by atoms with van der Waals surface area (Å²) in [5, 5.41) is 12.0. The van der Waals surface area contributed by atoms with E-state index in [1.807, 2.05) is 0 Å². The summed E-state index contributed by atoms with van der Waals surface area (Å²) in [6, 6.07) is 0. The summed E-state index contributed by atoms with van der Waals surface area (Å²) in [5.74, 6) is 0.252. The Labute approximate surface area is 257 Å². The molecule has 4 saturated carbocycles. The van der Waals surface area contributed by atoms with Gasteiger partial charge in [0.2, 0.25) is 0 Å². The van der Waals surface area contributed by atoms with Crippen molar-refractivity contribution in [2.75, 3.05) is 6.61 Å². The smallest absolute Gasteiger partial charge is 0.302 e. The third-order valence-corrected chi connectivity index (χ3v) is 12.1. The van der Waals surface area contributed by atoms with E-state index >= 15 is 0 Å². The van der Waals surface area contributed by atoms with Crippen LogP contribution in [-0.4, -0.2) is 60.0 Å². The number of fused-ring (bicyclic) bond motifs is 5. The number of rotatable bonds is 10. The highest BCUT2D eigenvalue weighted by Crippen LogP contribution is 2.69. The minimum atomic E-state index is -0.471. The molecule has 0 aliphatic heterocycles. The molecule has 0 aromatic rings. The Morgan fingerprint density at radius 2 is 1.51 bits per heavy atom. The molecule has 0 radical (unpaired) electrons. The molecule has 0 saturated heterocycles. The van der Waals surface area contributed by atoms with Gasteiger partial charge in [-0.15, -0.1) is 0 Å². The van der Waals surface area contributed by atoms with Gasteiger partial charge in [0.25, 0.3) is 0 Å². The van der Waals surface area contributed by atoms with E-state index in [9.17, 15) is 24.3 Å². The minimum absolute atomic E-state index is 0.0107. The van der Waals surface area contributed by atoms with Crippen LogP contribution in [0, 0.1) is 46.3 Å². The summed E-state index contributed by atoms with van der Waals surface area (Å²) < 4.78 is 22.4. The lowest BCUT2D eigenvalue weighted by atomic mass is 9.43. The molecule has 6 unspecified atom stereocenters. The zero-order valence-electron chi connectivity index (χ0n) is 27.3. The van der Waals surface area contributed by atoms with Crippen LogP contribution in [-0.2, 0) is 38.1 Å². The standard InChI is InChI=1S/C34H54O9/c1-19(8-9-25(41-21(3)36)13-15-40-20(2)35)27-10-11-28-32-29(18-31(39)34(27,28)7)33(6)14-12-26(42-22(4)37)16-24(33)17-30(32)43-23(5)38/h19,24-32,39H,8-18H2,1-7H3/t19?,24-,25?,26?,27+,28-,29-,30?,31-,32-,33?,34?/m0/s1. The second kappa shape index (κ2) is 13.5. The molecule has 0 aromatic heterocycles. The van der Waals surface area contributed by atoms with Gasteiger partial charge in [-0.1, -0.05) is 20.8 Å². The van der Waals surface area contributed by atoms with Gasteiger partial charge >= 0.3 is 23.9 Å². The van der Waals surface area contributed by atoms with Crippen LogP contribution in [0.3, 0.4) is 0 Å². The van der Waals surface area contributed by atoms with Crippen molar-refractivity contribution >= 4 is 23.9 Å². The van der Waals surface area contributed by atoms with E-state index in [4.69, 9.17) is 18.9 Å². The number of ether oxygens (including phenoxy) is 4. The molecule has 0 bridgehead atoms. The van der Waals surface area contributed by atoms with Gasteiger partial charge in [0, 0.05) is 40.0 Å². The zero-order chi connectivity index (χ0) is 31.7. The van der Waals surface area contributed by atoms with Crippen LogP contribution in [0.15, 0.2) is 0 Å². The van der Waals surface area contributed by atoms with Crippen molar-refractivity contribution < 1.29 is 43.2 Å². The summed E-state index contributed by atoms with van der Waals surface area (Å²) in [6.45, 7) is 12.8. The lowest BCUT2D eigenvalue weighted by Crippen LogP contribution is -2.63. The molecular formula is C34H54O9. The molecule has 1 N–H and O–H groups in total. The molecule has 0 spiro atoms. The largest absolute Gasteiger partial charge is 0.466 e. The molecule has 4 fully saturated rings. The SMILES string of the molecule is CC(=O)OCCC(CCC(C)[C@H]1CC[C@H]2[C@@H]3C(OC(C)=O)C[C@@H]4CC(OC(C)=O)CCC4(C)[C@H]3C[C@H](O)C12C)OC(C)=O. The Kier molecular flexibility index (Phi) is 10.6. The van der Waals surface area contributed by atoms with E-state index in [1.165, 1.54) is 27.7 Å². The van der Waals surface area contributed by atoms with Crippen LogP contribution < -0.4 is 0 Å². The predicted molar refractivity (Wildman–Crippen MR) is 158 cm³/mol. The van der Waals surface area contributed by atoms with Gasteiger partial charge in [0.15, 0.2) is 0 Å². The Hall–Kier alpha value is -2.16. The quantitative estimate of drug-likeness (QED) is 0.257. The molecule has 0 amide bonds. The molecule has 12 atom stereocenters. The molecule has 0 heterocycles. The second-order valence-electron chi connectivity index (χ2n) is 14.6. The Morgan fingerprint density at radius 1 is 0.814 bits per heavy atom. The predicted octanol–water partition coefficient (Wildman–Crippen LogP) is 5.39. The van der Waals surface area contributed by atoms with Crippen molar-refractivity contribution in [3.8, 4) is 0 Å². The van der Waals surface area contributed by atoms with Crippen LogP contribution in [0.2, 0.25) is 0 Å². The van der Waals surface area contributed by atoms with Crippen molar-refractivity contribution in [3.05, 3.63) is 0 Å². The summed E-state index contributed by atoms with van der Waals surface area (Å²) in [5.41, 5.74) is -0.324. The summed E-state index contributed by atoms with van der Waals surface area (Å²) in [4.78, 5) is 47.1. The maximum absolute atomic E-state index is 12.4. The Balaban J connectivity index is 1.52. The van der Waals surface area contributed by atoms with Crippen molar-refractivity contribution in [1.82, 2.24) is 0 Å². The van der Waals surface area contributed by atoms with Crippen LogP contribution in [0.5, 0.6) is 0 Å². The highest BCUT2D eigenvalue weighted by Gasteiger charge is 2.66. The van der Waals surface area contributed by atoms with Gasteiger partial charge in [0.05, 0.1) is 12.7 Å². The number of aliphatic hydroxyl groups excluding tert-OH is 1. The number of carbonyl (C=O) groups excluding carboxylic acids is 4. The zero-order valence-corrected chi connectivity index (χ0v) is 27.3. The molecule has 9 nitrogen and oxygen atoms in total. The van der Waals surface area contributed by atoms with Gasteiger partial charge in [-0.3, -0.25) is 19.2 Å². The summed E-state index contributed by atoms with van der Waals surface area (Å²) in [7, 11) is 0. The molecule has 244 valence electrons. The number of aliphatic hydroxyl groups is 1. The fourth-order valence-corrected chi connectivity index (χ4v) is 10.2. The number of hydrogen-bond donors (Lipinski definition) is 1. The number of esters is 4. The van der Waals surface area contributed by atoms with Crippen LogP contribution in [0.4, 0.5) is 0 Å². The van der Waals surface area contributed by atoms with Gasteiger partial charge in [-0.2, -0.15) is 0 Å². The number of carbonyl (C=O) groups is 4. The van der Waals surface area contributed by atoms with E-state index in [-0.39, 0.29) is 95.1 Å². The first kappa shape index (κ1) is 33.7. The minimum Gasteiger partial charge on any atom is -0.466 e. The maximum atomic E-state index is 12.4. The van der Waals surface area contributed by atoms with Gasteiger partial charge in [-0.05, 0) is 98.2 Å². The van der Waals surface area contributed by atoms with Gasteiger partial charge < -0.3 is 24.1 Å². The topological polar surface area (TPSA) is 125 Å². The van der Waals surface area contributed by atoms with E-state index in [0.29, 0.717) is 19.3 Å². The first-order chi connectivity index (χ1) is 20.2. The Bertz CT molecular complexity index is 1040. The highest BCUT2D eigenvalue weighted by atomic mass is 16.6. The lowest BCUT2D eigenvalue weighted by Gasteiger charge is -2.64. The first-order valence-electron chi connectivity index (χ1n) is 16.5.